The standard InChI is InChI=1S/C27H24ClF3N4O3S2/c1-17-24(27(29,30)31)25(21-4-2-3-5-22(21)33-17)34-12-14-35(15-13-34)40(37,38)23-11-10-20(39-23)16-32-26(36)18-6-8-19(28)9-7-18/h2-11H,12-16H2,1H3,(H,32,36). The molecule has 1 amide bonds. The first-order valence-corrected chi connectivity index (χ1v) is 14.9. The van der Waals surface area contributed by atoms with Gasteiger partial charge in [-0.3, -0.25) is 9.78 Å². The summed E-state index contributed by atoms with van der Waals surface area (Å²) in [6, 6.07) is 16.2. The molecule has 2 aromatic carbocycles. The van der Waals surface area contributed by atoms with Gasteiger partial charge in [0, 0.05) is 47.0 Å². The smallest absolute Gasteiger partial charge is 0.368 e. The molecule has 0 spiro atoms. The molecule has 1 saturated heterocycles. The summed E-state index contributed by atoms with van der Waals surface area (Å²) in [5.41, 5.74) is -0.0103. The highest BCUT2D eigenvalue weighted by Crippen LogP contribution is 2.42. The van der Waals surface area contributed by atoms with Crippen molar-refractivity contribution in [1.82, 2.24) is 14.6 Å². The molecular weight excluding hydrogens is 585 g/mol. The number of nitrogens with one attached hydrogen (secondary N) is 1. The van der Waals surface area contributed by atoms with Crippen LogP contribution in [-0.2, 0) is 22.7 Å². The summed E-state index contributed by atoms with van der Waals surface area (Å²) in [6.07, 6.45) is -4.62. The van der Waals surface area contributed by atoms with E-state index in [9.17, 15) is 26.4 Å². The number of amides is 1. The molecule has 1 aliphatic rings. The Hall–Kier alpha value is -3.19. The molecule has 0 saturated carbocycles. The van der Waals surface area contributed by atoms with Gasteiger partial charge in [0.25, 0.3) is 15.9 Å². The van der Waals surface area contributed by atoms with Gasteiger partial charge in [0.05, 0.1) is 23.4 Å². The number of fused-ring (bicyclic) bond motifs is 1. The Morgan fingerprint density at radius 3 is 2.38 bits per heavy atom. The number of pyridine rings is 1. The Kier molecular flexibility index (Phi) is 7.79. The van der Waals surface area contributed by atoms with Gasteiger partial charge in [-0.25, -0.2) is 8.42 Å². The molecule has 5 rings (SSSR count). The summed E-state index contributed by atoms with van der Waals surface area (Å²) in [4.78, 5) is 18.8. The quantitative estimate of drug-likeness (QED) is 0.303. The molecule has 210 valence electrons. The van der Waals surface area contributed by atoms with Crippen molar-refractivity contribution in [3.8, 4) is 0 Å². The second kappa shape index (κ2) is 11.0. The lowest BCUT2D eigenvalue weighted by atomic mass is 10.0. The van der Waals surface area contributed by atoms with Crippen LogP contribution in [0.4, 0.5) is 18.9 Å². The lowest BCUT2D eigenvalue weighted by molar-refractivity contribution is -0.137. The molecule has 0 radical (unpaired) electrons. The number of anilines is 1. The van der Waals surface area contributed by atoms with E-state index in [1.807, 2.05) is 0 Å². The number of benzene rings is 2. The van der Waals surface area contributed by atoms with Gasteiger partial charge in [-0.2, -0.15) is 17.5 Å². The van der Waals surface area contributed by atoms with Crippen LogP contribution in [0.25, 0.3) is 10.9 Å². The fourth-order valence-electron chi connectivity index (χ4n) is 4.72. The fourth-order valence-corrected chi connectivity index (χ4v) is 7.72. The number of carbonyl (C=O) groups excluding carboxylic acids is 1. The minimum absolute atomic E-state index is 0.0237. The zero-order valence-corrected chi connectivity index (χ0v) is 23.6. The van der Waals surface area contributed by atoms with E-state index in [1.165, 1.54) is 17.3 Å². The molecule has 7 nitrogen and oxygen atoms in total. The van der Waals surface area contributed by atoms with Crippen molar-refractivity contribution < 1.29 is 26.4 Å². The van der Waals surface area contributed by atoms with Crippen LogP contribution in [0.1, 0.15) is 26.5 Å². The topological polar surface area (TPSA) is 82.6 Å². The maximum Gasteiger partial charge on any atom is 0.420 e. The molecule has 3 heterocycles. The molecule has 4 aromatic rings. The van der Waals surface area contributed by atoms with E-state index in [-0.39, 0.29) is 54.2 Å². The van der Waals surface area contributed by atoms with Crippen molar-refractivity contribution in [2.24, 2.45) is 0 Å². The van der Waals surface area contributed by atoms with Crippen LogP contribution >= 0.6 is 22.9 Å². The highest BCUT2D eigenvalue weighted by atomic mass is 35.5. The van der Waals surface area contributed by atoms with E-state index in [1.54, 1.807) is 59.5 Å². The van der Waals surface area contributed by atoms with Crippen LogP contribution in [0.2, 0.25) is 5.02 Å². The second-order valence-electron chi connectivity index (χ2n) is 9.24. The number of alkyl halides is 3. The van der Waals surface area contributed by atoms with Gasteiger partial charge < -0.3 is 10.2 Å². The van der Waals surface area contributed by atoms with Crippen molar-refractivity contribution in [2.75, 3.05) is 31.1 Å². The molecule has 0 unspecified atom stereocenters. The number of piperazine rings is 1. The predicted octanol–water partition coefficient (Wildman–Crippen LogP) is 5.72. The normalized spacial score (nSPS) is 15.0. The summed E-state index contributed by atoms with van der Waals surface area (Å²) in [5, 5.41) is 3.64. The molecule has 1 N–H and O–H groups in total. The van der Waals surface area contributed by atoms with E-state index in [4.69, 9.17) is 11.6 Å². The van der Waals surface area contributed by atoms with Gasteiger partial charge in [0.15, 0.2) is 0 Å². The van der Waals surface area contributed by atoms with Crippen molar-refractivity contribution in [2.45, 2.75) is 23.9 Å². The third kappa shape index (κ3) is 5.67. The maximum absolute atomic E-state index is 14.1. The number of halogens is 4. The van der Waals surface area contributed by atoms with Crippen LogP contribution in [0.3, 0.4) is 0 Å². The molecule has 0 bridgehead atoms. The van der Waals surface area contributed by atoms with Gasteiger partial charge in [-0.1, -0.05) is 29.8 Å². The van der Waals surface area contributed by atoms with Gasteiger partial charge in [0.2, 0.25) is 0 Å². The number of para-hydroxylation sites is 1. The number of hydrogen-bond donors (Lipinski definition) is 1. The van der Waals surface area contributed by atoms with Gasteiger partial charge in [-0.15, -0.1) is 11.3 Å². The number of nitrogens with zero attached hydrogens (tertiary/aromatic N) is 3. The lowest BCUT2D eigenvalue weighted by Gasteiger charge is -2.37. The first kappa shape index (κ1) is 28.3. The minimum Gasteiger partial charge on any atom is -0.368 e. The molecular formula is C27H24ClF3N4O3S2. The Labute approximate surface area is 238 Å². The van der Waals surface area contributed by atoms with Crippen LogP contribution < -0.4 is 10.2 Å². The van der Waals surface area contributed by atoms with E-state index in [2.05, 4.69) is 10.3 Å². The van der Waals surface area contributed by atoms with Crippen LogP contribution in [0, 0.1) is 6.92 Å². The molecule has 13 heteroatoms. The van der Waals surface area contributed by atoms with Gasteiger partial charge >= 0.3 is 6.18 Å². The Balaban J connectivity index is 1.30. The third-order valence-electron chi connectivity index (χ3n) is 6.65. The zero-order chi connectivity index (χ0) is 28.7. The summed E-state index contributed by atoms with van der Waals surface area (Å²) < 4.78 is 70.4. The maximum atomic E-state index is 14.1. The van der Waals surface area contributed by atoms with Crippen LogP contribution in [0.5, 0.6) is 0 Å². The summed E-state index contributed by atoms with van der Waals surface area (Å²) in [7, 11) is -3.87. The highest BCUT2D eigenvalue weighted by molar-refractivity contribution is 7.91. The number of aryl methyl sites for hydroxylation is 1. The van der Waals surface area contributed by atoms with E-state index < -0.39 is 21.8 Å². The molecule has 40 heavy (non-hydrogen) atoms. The van der Waals surface area contributed by atoms with Crippen molar-refractivity contribution >= 4 is 55.5 Å². The van der Waals surface area contributed by atoms with Gasteiger partial charge in [0.1, 0.15) is 9.77 Å². The first-order valence-electron chi connectivity index (χ1n) is 12.3. The highest BCUT2D eigenvalue weighted by Gasteiger charge is 2.40. The summed E-state index contributed by atoms with van der Waals surface area (Å²) in [6.45, 7) is 1.71. The largest absolute Gasteiger partial charge is 0.420 e. The molecule has 1 fully saturated rings. The number of rotatable bonds is 6. The lowest BCUT2D eigenvalue weighted by Crippen LogP contribution is -2.49. The van der Waals surface area contributed by atoms with E-state index >= 15 is 0 Å². The van der Waals surface area contributed by atoms with E-state index in [0.717, 1.165) is 11.3 Å². The number of thiophene rings is 1. The van der Waals surface area contributed by atoms with E-state index in [0.29, 0.717) is 26.4 Å². The monoisotopic (exact) mass is 608 g/mol. The number of sulfonamides is 1. The Bertz CT molecular complexity index is 1670. The molecule has 1 aliphatic heterocycles. The number of aromatic nitrogens is 1. The minimum atomic E-state index is -4.62. The molecule has 0 atom stereocenters. The van der Waals surface area contributed by atoms with Gasteiger partial charge in [-0.05, 0) is 49.4 Å². The fraction of sp³-hybridized carbons (Fsp3) is 0.259. The summed E-state index contributed by atoms with van der Waals surface area (Å²) >= 11 is 6.89. The molecule has 0 aliphatic carbocycles. The number of carbonyl (C=O) groups is 1. The molecule has 2 aromatic heterocycles. The summed E-state index contributed by atoms with van der Waals surface area (Å²) in [5.74, 6) is -0.317. The number of hydrogen-bond acceptors (Lipinski definition) is 6. The average molecular weight is 609 g/mol. The Morgan fingerprint density at radius 1 is 1.02 bits per heavy atom. The van der Waals surface area contributed by atoms with Crippen molar-refractivity contribution in [3.63, 3.8) is 0 Å². The van der Waals surface area contributed by atoms with Crippen molar-refractivity contribution in [3.05, 3.63) is 87.4 Å². The van der Waals surface area contributed by atoms with Crippen LogP contribution in [-0.4, -0.2) is 49.8 Å². The third-order valence-corrected chi connectivity index (χ3v) is 10.3. The second-order valence-corrected chi connectivity index (χ2v) is 13.0. The first-order chi connectivity index (χ1) is 18.9. The SMILES string of the molecule is Cc1nc2ccccc2c(N2CCN(S(=O)(=O)c3ccc(CNC(=O)c4ccc(Cl)cc4)s3)CC2)c1C(F)(F)F. The van der Waals surface area contributed by atoms with Crippen LogP contribution in [0.15, 0.2) is 64.9 Å². The Morgan fingerprint density at radius 2 is 1.70 bits per heavy atom. The zero-order valence-electron chi connectivity index (χ0n) is 21.2. The predicted molar refractivity (Wildman–Crippen MR) is 149 cm³/mol. The average Bonchev–Trinajstić information content (AvgIpc) is 3.41. The van der Waals surface area contributed by atoms with Crippen molar-refractivity contribution in [1.29, 1.82) is 0 Å².